The Kier molecular flexibility index (Phi) is 3.58. The lowest BCUT2D eigenvalue weighted by molar-refractivity contribution is 0.0146. The van der Waals surface area contributed by atoms with Crippen molar-refractivity contribution in [2.24, 2.45) is 23.7 Å². The monoisotopic (exact) mass is 276 g/mol. The Morgan fingerprint density at radius 2 is 1.65 bits per heavy atom. The molecule has 0 spiro atoms. The SMILES string of the molecule is CC(C)C1CN2CCCC2CN1CC(C1CC1)C1CC1. The van der Waals surface area contributed by atoms with Gasteiger partial charge in [0.15, 0.2) is 0 Å². The van der Waals surface area contributed by atoms with Gasteiger partial charge >= 0.3 is 0 Å². The maximum Gasteiger partial charge on any atom is 0.0247 e. The van der Waals surface area contributed by atoms with Gasteiger partial charge in [-0.3, -0.25) is 9.80 Å². The molecule has 0 radical (unpaired) electrons. The van der Waals surface area contributed by atoms with Crippen molar-refractivity contribution in [2.45, 2.75) is 64.5 Å². The molecule has 0 aromatic carbocycles. The Balaban J connectivity index is 1.45. The number of rotatable bonds is 5. The molecule has 114 valence electrons. The van der Waals surface area contributed by atoms with E-state index < -0.39 is 0 Å². The van der Waals surface area contributed by atoms with E-state index in [1.54, 1.807) is 0 Å². The zero-order valence-electron chi connectivity index (χ0n) is 13.4. The summed E-state index contributed by atoms with van der Waals surface area (Å²) in [6.45, 7) is 10.4. The molecule has 0 bridgehead atoms. The summed E-state index contributed by atoms with van der Waals surface area (Å²) in [5.41, 5.74) is 0. The number of fused-ring (bicyclic) bond motifs is 1. The largest absolute Gasteiger partial charge is 0.298 e. The van der Waals surface area contributed by atoms with E-state index in [1.807, 2.05) is 0 Å². The summed E-state index contributed by atoms with van der Waals surface area (Å²) in [6.07, 6.45) is 9.05. The van der Waals surface area contributed by atoms with Gasteiger partial charge in [0, 0.05) is 31.7 Å². The summed E-state index contributed by atoms with van der Waals surface area (Å²) in [6, 6.07) is 1.72. The van der Waals surface area contributed by atoms with Crippen molar-refractivity contribution in [3.63, 3.8) is 0 Å². The fraction of sp³-hybridized carbons (Fsp3) is 1.00. The lowest BCUT2D eigenvalue weighted by Gasteiger charge is -2.46. The van der Waals surface area contributed by atoms with Gasteiger partial charge in [0.2, 0.25) is 0 Å². The third-order valence-corrected chi connectivity index (χ3v) is 6.50. The van der Waals surface area contributed by atoms with Crippen LogP contribution in [0.4, 0.5) is 0 Å². The standard InChI is InChI=1S/C18H32N2/c1-13(2)18-12-19-9-3-4-16(19)10-20(18)11-17(14-5-6-14)15-7-8-15/h13-18H,3-12H2,1-2H3. The lowest BCUT2D eigenvalue weighted by Crippen LogP contribution is -2.58. The molecule has 20 heavy (non-hydrogen) atoms. The highest BCUT2D eigenvalue weighted by molar-refractivity contribution is 4.98. The van der Waals surface area contributed by atoms with Gasteiger partial charge in [-0.2, -0.15) is 0 Å². The predicted octanol–water partition coefficient (Wildman–Crippen LogP) is 3.23. The Bertz CT molecular complexity index is 333. The fourth-order valence-electron chi connectivity index (χ4n) is 4.95. The van der Waals surface area contributed by atoms with E-state index in [2.05, 4.69) is 23.6 Å². The number of hydrogen-bond acceptors (Lipinski definition) is 2. The van der Waals surface area contributed by atoms with Gasteiger partial charge in [-0.05, 0) is 68.7 Å². The molecule has 2 heterocycles. The normalized spacial score (nSPS) is 36.0. The summed E-state index contributed by atoms with van der Waals surface area (Å²) in [5.74, 6) is 4.09. The quantitative estimate of drug-likeness (QED) is 0.761. The molecule has 0 amide bonds. The van der Waals surface area contributed by atoms with Crippen LogP contribution in [0.25, 0.3) is 0 Å². The maximum absolute atomic E-state index is 2.93. The van der Waals surface area contributed by atoms with Crippen LogP contribution in [0.3, 0.4) is 0 Å². The van der Waals surface area contributed by atoms with Gasteiger partial charge < -0.3 is 0 Å². The molecular formula is C18H32N2. The topological polar surface area (TPSA) is 6.48 Å². The van der Waals surface area contributed by atoms with Crippen molar-refractivity contribution in [1.29, 1.82) is 0 Å². The van der Waals surface area contributed by atoms with Crippen molar-refractivity contribution < 1.29 is 0 Å². The molecule has 2 aliphatic carbocycles. The van der Waals surface area contributed by atoms with Crippen LogP contribution in [0.15, 0.2) is 0 Å². The average Bonchev–Trinajstić information content (AvgIpc) is 3.33. The molecule has 0 aromatic rings. The molecule has 4 aliphatic rings. The second-order valence-electron chi connectivity index (χ2n) is 8.39. The summed E-state index contributed by atoms with van der Waals surface area (Å²) >= 11 is 0. The van der Waals surface area contributed by atoms with Crippen molar-refractivity contribution in [3.05, 3.63) is 0 Å². The van der Waals surface area contributed by atoms with E-state index in [0.717, 1.165) is 35.8 Å². The van der Waals surface area contributed by atoms with E-state index in [1.165, 1.54) is 64.7 Å². The van der Waals surface area contributed by atoms with E-state index in [-0.39, 0.29) is 0 Å². The number of piperazine rings is 1. The molecular weight excluding hydrogens is 244 g/mol. The molecule has 2 saturated heterocycles. The Hall–Kier alpha value is -0.0800. The van der Waals surface area contributed by atoms with E-state index in [9.17, 15) is 0 Å². The molecule has 4 rings (SSSR count). The fourth-order valence-corrected chi connectivity index (χ4v) is 4.95. The second-order valence-corrected chi connectivity index (χ2v) is 8.39. The van der Waals surface area contributed by atoms with Gasteiger partial charge in [-0.15, -0.1) is 0 Å². The Morgan fingerprint density at radius 1 is 0.950 bits per heavy atom. The zero-order chi connectivity index (χ0) is 13.7. The second kappa shape index (κ2) is 5.28. The first-order chi connectivity index (χ1) is 9.72. The highest BCUT2D eigenvalue weighted by Gasteiger charge is 2.45. The summed E-state index contributed by atoms with van der Waals surface area (Å²) < 4.78 is 0. The third-order valence-electron chi connectivity index (χ3n) is 6.50. The van der Waals surface area contributed by atoms with Crippen molar-refractivity contribution in [1.82, 2.24) is 9.80 Å². The van der Waals surface area contributed by atoms with Crippen LogP contribution in [0.1, 0.15) is 52.4 Å². The minimum Gasteiger partial charge on any atom is -0.298 e. The summed E-state index contributed by atoms with van der Waals surface area (Å²) in [4.78, 5) is 5.73. The van der Waals surface area contributed by atoms with E-state index in [4.69, 9.17) is 0 Å². The van der Waals surface area contributed by atoms with Crippen LogP contribution in [-0.4, -0.2) is 48.1 Å². The lowest BCUT2D eigenvalue weighted by atomic mass is 9.92. The van der Waals surface area contributed by atoms with Crippen LogP contribution in [0, 0.1) is 23.7 Å². The number of hydrogen-bond donors (Lipinski definition) is 0. The van der Waals surface area contributed by atoms with Crippen molar-refractivity contribution >= 4 is 0 Å². The number of nitrogens with zero attached hydrogens (tertiary/aromatic N) is 2. The zero-order valence-corrected chi connectivity index (χ0v) is 13.4. The van der Waals surface area contributed by atoms with Gasteiger partial charge in [-0.1, -0.05) is 13.8 Å². The van der Waals surface area contributed by atoms with Gasteiger partial charge in [0.05, 0.1) is 0 Å². The van der Waals surface area contributed by atoms with Crippen molar-refractivity contribution in [3.8, 4) is 0 Å². The summed E-state index contributed by atoms with van der Waals surface area (Å²) in [7, 11) is 0. The van der Waals surface area contributed by atoms with Crippen LogP contribution < -0.4 is 0 Å². The molecule has 2 nitrogen and oxygen atoms in total. The van der Waals surface area contributed by atoms with E-state index in [0.29, 0.717) is 0 Å². The summed E-state index contributed by atoms with van der Waals surface area (Å²) in [5, 5.41) is 0. The predicted molar refractivity (Wildman–Crippen MR) is 83.7 cm³/mol. The minimum atomic E-state index is 0.815. The Morgan fingerprint density at radius 3 is 2.25 bits per heavy atom. The first-order valence-electron chi connectivity index (χ1n) is 9.20. The molecule has 0 aromatic heterocycles. The highest BCUT2D eigenvalue weighted by atomic mass is 15.3. The minimum absolute atomic E-state index is 0.815. The maximum atomic E-state index is 2.93. The molecule has 2 saturated carbocycles. The van der Waals surface area contributed by atoms with Gasteiger partial charge in [0.1, 0.15) is 0 Å². The van der Waals surface area contributed by atoms with Crippen LogP contribution in [0.2, 0.25) is 0 Å². The molecule has 2 atom stereocenters. The van der Waals surface area contributed by atoms with Crippen LogP contribution in [-0.2, 0) is 0 Å². The molecule has 2 aliphatic heterocycles. The van der Waals surface area contributed by atoms with E-state index >= 15 is 0 Å². The van der Waals surface area contributed by atoms with Crippen LogP contribution >= 0.6 is 0 Å². The average molecular weight is 276 g/mol. The smallest absolute Gasteiger partial charge is 0.0247 e. The first-order valence-corrected chi connectivity index (χ1v) is 9.20. The van der Waals surface area contributed by atoms with Gasteiger partial charge in [-0.25, -0.2) is 0 Å². The first kappa shape index (κ1) is 13.6. The molecule has 4 fully saturated rings. The van der Waals surface area contributed by atoms with Crippen molar-refractivity contribution in [2.75, 3.05) is 26.2 Å². The third kappa shape index (κ3) is 2.66. The molecule has 2 unspecified atom stereocenters. The van der Waals surface area contributed by atoms with Gasteiger partial charge in [0.25, 0.3) is 0 Å². The molecule has 0 N–H and O–H groups in total. The van der Waals surface area contributed by atoms with Crippen LogP contribution in [0.5, 0.6) is 0 Å². The molecule has 2 heteroatoms. The Labute approximate surface area is 124 Å². The highest BCUT2D eigenvalue weighted by Crippen LogP contribution is 2.50.